The maximum atomic E-state index is 12.3. The van der Waals surface area contributed by atoms with E-state index in [2.05, 4.69) is 10.1 Å². The molecule has 2 aromatic carbocycles. The summed E-state index contributed by atoms with van der Waals surface area (Å²) in [5.74, 6) is -0.474. The zero-order valence-electron chi connectivity index (χ0n) is 13.2. The lowest BCUT2D eigenvalue weighted by atomic mass is 10.1. The number of nitrogens with one attached hydrogen (secondary N) is 1. The predicted octanol–water partition coefficient (Wildman–Crippen LogP) is 4.57. The van der Waals surface area contributed by atoms with Crippen LogP contribution in [0.2, 0.25) is 0 Å². The Hall–Kier alpha value is -2.96. The lowest BCUT2D eigenvalue weighted by molar-refractivity contribution is -0.274. The summed E-state index contributed by atoms with van der Waals surface area (Å²) in [7, 11) is 0. The number of benzene rings is 2. The topological polar surface area (TPSA) is 51.5 Å². The van der Waals surface area contributed by atoms with E-state index in [1.807, 2.05) is 18.2 Å². The molecule has 0 aliphatic rings. The Bertz CT molecular complexity index is 898. The third-order valence-electron chi connectivity index (χ3n) is 3.66. The molecule has 1 amide bonds. The summed E-state index contributed by atoms with van der Waals surface area (Å²) in [6, 6.07) is 12.6. The summed E-state index contributed by atoms with van der Waals surface area (Å²) in [4.78, 5) is 12.3. The van der Waals surface area contributed by atoms with Crippen LogP contribution in [0, 0.1) is 6.92 Å². The summed E-state index contributed by atoms with van der Waals surface area (Å²) >= 11 is 0. The van der Waals surface area contributed by atoms with Crippen LogP contribution in [-0.2, 0) is 6.54 Å². The van der Waals surface area contributed by atoms with Crippen molar-refractivity contribution in [1.82, 2.24) is 5.32 Å². The number of carbonyl (C=O) groups excluding carboxylic acids is 1. The first-order valence-electron chi connectivity index (χ1n) is 7.44. The predicted molar refractivity (Wildman–Crippen MR) is 85.2 cm³/mol. The van der Waals surface area contributed by atoms with Gasteiger partial charge in [-0.05, 0) is 30.7 Å². The number of carbonyl (C=O) groups is 1. The molecule has 130 valence electrons. The number of aryl methyl sites for hydroxylation is 1. The summed E-state index contributed by atoms with van der Waals surface area (Å²) in [5.41, 5.74) is 2.00. The van der Waals surface area contributed by atoms with Gasteiger partial charge in [0.1, 0.15) is 11.3 Å². The molecule has 3 rings (SSSR count). The molecule has 1 heterocycles. The van der Waals surface area contributed by atoms with Gasteiger partial charge in [0.25, 0.3) is 5.91 Å². The Kier molecular flexibility index (Phi) is 4.39. The van der Waals surface area contributed by atoms with Gasteiger partial charge in [0, 0.05) is 17.5 Å². The number of alkyl halides is 3. The minimum Gasteiger partial charge on any atom is -0.451 e. The Morgan fingerprint density at radius 3 is 2.44 bits per heavy atom. The van der Waals surface area contributed by atoms with E-state index in [0.717, 1.165) is 10.9 Å². The number of ether oxygens (including phenoxy) is 1. The highest BCUT2D eigenvalue weighted by Gasteiger charge is 2.30. The van der Waals surface area contributed by atoms with Gasteiger partial charge >= 0.3 is 6.36 Å². The SMILES string of the molecule is Cc1c(C(=O)NCc2ccc(OC(F)(F)F)cc2)oc2ccccc12. The molecule has 0 saturated carbocycles. The summed E-state index contributed by atoms with van der Waals surface area (Å²) < 4.78 is 45.7. The minimum atomic E-state index is -4.73. The van der Waals surface area contributed by atoms with Gasteiger partial charge in [0.2, 0.25) is 0 Å². The molecular formula is C18H14F3NO3. The molecule has 0 bridgehead atoms. The molecule has 1 N–H and O–H groups in total. The van der Waals surface area contributed by atoms with Crippen LogP contribution in [0.5, 0.6) is 5.75 Å². The Balaban J connectivity index is 1.66. The van der Waals surface area contributed by atoms with Crippen LogP contribution in [0.15, 0.2) is 52.9 Å². The standard InChI is InChI=1S/C18H14F3NO3/c1-11-14-4-2-3-5-15(14)24-16(11)17(23)22-10-12-6-8-13(9-7-12)25-18(19,20)21/h2-9H,10H2,1H3,(H,22,23). The third-order valence-corrected chi connectivity index (χ3v) is 3.66. The van der Waals surface area contributed by atoms with Gasteiger partial charge in [-0.25, -0.2) is 0 Å². The molecule has 25 heavy (non-hydrogen) atoms. The first-order valence-corrected chi connectivity index (χ1v) is 7.44. The molecule has 0 aliphatic heterocycles. The van der Waals surface area contributed by atoms with Crippen LogP contribution in [0.1, 0.15) is 21.7 Å². The summed E-state index contributed by atoms with van der Waals surface area (Å²) in [6.07, 6.45) is -4.73. The summed E-state index contributed by atoms with van der Waals surface area (Å²) in [6.45, 7) is 1.95. The second-order valence-corrected chi connectivity index (χ2v) is 5.43. The molecule has 0 atom stereocenters. The highest BCUT2D eigenvalue weighted by molar-refractivity contribution is 5.98. The fourth-order valence-corrected chi connectivity index (χ4v) is 2.46. The lowest BCUT2D eigenvalue weighted by Gasteiger charge is -2.09. The van der Waals surface area contributed by atoms with Crippen molar-refractivity contribution in [2.45, 2.75) is 19.8 Å². The fourth-order valence-electron chi connectivity index (χ4n) is 2.46. The number of halogens is 3. The maximum absolute atomic E-state index is 12.3. The van der Waals surface area contributed by atoms with Crippen molar-refractivity contribution in [3.63, 3.8) is 0 Å². The second-order valence-electron chi connectivity index (χ2n) is 5.43. The molecule has 0 unspecified atom stereocenters. The molecule has 4 nitrogen and oxygen atoms in total. The van der Waals surface area contributed by atoms with E-state index in [0.29, 0.717) is 11.1 Å². The molecule has 0 saturated heterocycles. The van der Waals surface area contributed by atoms with Crippen LogP contribution in [0.3, 0.4) is 0 Å². The van der Waals surface area contributed by atoms with Crippen molar-refractivity contribution in [2.24, 2.45) is 0 Å². The van der Waals surface area contributed by atoms with E-state index in [9.17, 15) is 18.0 Å². The lowest BCUT2D eigenvalue weighted by Crippen LogP contribution is -2.23. The van der Waals surface area contributed by atoms with Crippen molar-refractivity contribution < 1.29 is 27.1 Å². The smallest absolute Gasteiger partial charge is 0.451 e. The minimum absolute atomic E-state index is 0.154. The zero-order chi connectivity index (χ0) is 18.0. The number of rotatable bonds is 4. The van der Waals surface area contributed by atoms with Crippen molar-refractivity contribution in [1.29, 1.82) is 0 Å². The highest BCUT2D eigenvalue weighted by Crippen LogP contribution is 2.25. The number of fused-ring (bicyclic) bond motifs is 1. The number of hydrogen-bond acceptors (Lipinski definition) is 3. The molecule has 0 spiro atoms. The molecule has 0 aliphatic carbocycles. The molecule has 0 radical (unpaired) electrons. The zero-order valence-corrected chi connectivity index (χ0v) is 13.2. The van der Waals surface area contributed by atoms with Crippen LogP contribution in [-0.4, -0.2) is 12.3 Å². The first kappa shape index (κ1) is 16.9. The fraction of sp³-hybridized carbons (Fsp3) is 0.167. The van der Waals surface area contributed by atoms with Crippen LogP contribution in [0.4, 0.5) is 13.2 Å². The Labute approximate surface area is 141 Å². The van der Waals surface area contributed by atoms with Crippen LogP contribution >= 0.6 is 0 Å². The molecular weight excluding hydrogens is 335 g/mol. The Morgan fingerprint density at radius 2 is 1.80 bits per heavy atom. The van der Waals surface area contributed by atoms with Gasteiger partial charge in [-0.3, -0.25) is 4.79 Å². The van der Waals surface area contributed by atoms with E-state index in [1.165, 1.54) is 24.3 Å². The van der Waals surface area contributed by atoms with Gasteiger partial charge < -0.3 is 14.5 Å². The molecule has 7 heteroatoms. The average Bonchev–Trinajstić information content (AvgIpc) is 2.90. The van der Waals surface area contributed by atoms with Gasteiger partial charge in [-0.2, -0.15) is 0 Å². The van der Waals surface area contributed by atoms with E-state index >= 15 is 0 Å². The van der Waals surface area contributed by atoms with Crippen molar-refractivity contribution in [3.05, 3.63) is 65.4 Å². The average molecular weight is 349 g/mol. The summed E-state index contributed by atoms with van der Waals surface area (Å²) in [5, 5.41) is 3.55. The number of para-hydroxylation sites is 1. The van der Waals surface area contributed by atoms with Gasteiger partial charge in [0.05, 0.1) is 0 Å². The molecule has 1 aromatic heterocycles. The highest BCUT2D eigenvalue weighted by atomic mass is 19.4. The molecule has 0 fully saturated rings. The third kappa shape index (κ3) is 3.93. The normalized spacial score (nSPS) is 11.5. The van der Waals surface area contributed by atoms with E-state index in [1.54, 1.807) is 13.0 Å². The van der Waals surface area contributed by atoms with E-state index in [4.69, 9.17) is 4.42 Å². The quantitative estimate of drug-likeness (QED) is 0.751. The van der Waals surface area contributed by atoms with E-state index in [-0.39, 0.29) is 24.0 Å². The first-order chi connectivity index (χ1) is 11.8. The maximum Gasteiger partial charge on any atom is 0.573 e. The second kappa shape index (κ2) is 6.51. The van der Waals surface area contributed by atoms with Crippen LogP contribution in [0.25, 0.3) is 11.0 Å². The largest absolute Gasteiger partial charge is 0.573 e. The van der Waals surface area contributed by atoms with Gasteiger partial charge in [-0.15, -0.1) is 13.2 Å². The number of hydrogen-bond donors (Lipinski definition) is 1. The number of furan rings is 1. The van der Waals surface area contributed by atoms with Crippen molar-refractivity contribution in [2.75, 3.05) is 0 Å². The van der Waals surface area contributed by atoms with Crippen LogP contribution < -0.4 is 10.1 Å². The van der Waals surface area contributed by atoms with Gasteiger partial charge in [-0.1, -0.05) is 30.3 Å². The Morgan fingerprint density at radius 1 is 1.12 bits per heavy atom. The monoisotopic (exact) mass is 349 g/mol. The number of amides is 1. The van der Waals surface area contributed by atoms with E-state index < -0.39 is 6.36 Å². The van der Waals surface area contributed by atoms with Crippen molar-refractivity contribution >= 4 is 16.9 Å². The van der Waals surface area contributed by atoms with Crippen molar-refractivity contribution in [3.8, 4) is 5.75 Å². The molecule has 3 aromatic rings. The van der Waals surface area contributed by atoms with Gasteiger partial charge in [0.15, 0.2) is 5.76 Å².